The summed E-state index contributed by atoms with van der Waals surface area (Å²) in [5, 5.41) is 3.50. The van der Waals surface area contributed by atoms with Crippen LogP contribution in [-0.4, -0.2) is 6.54 Å². The topological polar surface area (TPSA) is 12.0 Å². The fourth-order valence-electron chi connectivity index (χ4n) is 1.92. The second kappa shape index (κ2) is 3.81. The number of rotatable bonds is 0. The molecule has 1 heterocycles. The fourth-order valence-corrected chi connectivity index (χ4v) is 2.33. The van der Waals surface area contributed by atoms with Crippen LogP contribution in [0.1, 0.15) is 30.5 Å². The van der Waals surface area contributed by atoms with Crippen LogP contribution in [0.3, 0.4) is 0 Å². The lowest BCUT2D eigenvalue weighted by molar-refractivity contribution is 0.582. The normalized spacial score (nSPS) is 22.2. The first-order chi connectivity index (χ1) is 6.27. The van der Waals surface area contributed by atoms with Crippen molar-refractivity contribution in [3.8, 4) is 0 Å². The van der Waals surface area contributed by atoms with Gasteiger partial charge in [0.15, 0.2) is 0 Å². The molecule has 1 atom stereocenters. The van der Waals surface area contributed by atoms with Gasteiger partial charge in [0.05, 0.1) is 0 Å². The van der Waals surface area contributed by atoms with Crippen LogP contribution in [0.25, 0.3) is 0 Å². The minimum atomic E-state index is 0.505. The van der Waals surface area contributed by atoms with Crippen molar-refractivity contribution < 1.29 is 0 Å². The Labute approximate surface area is 87.7 Å². The van der Waals surface area contributed by atoms with Gasteiger partial charge in [-0.25, -0.2) is 0 Å². The van der Waals surface area contributed by atoms with Crippen LogP contribution in [0.2, 0.25) is 0 Å². The third-order valence-corrected chi connectivity index (χ3v) is 3.14. The molecule has 13 heavy (non-hydrogen) atoms. The van der Waals surface area contributed by atoms with Crippen molar-refractivity contribution in [3.63, 3.8) is 0 Å². The lowest BCUT2D eigenvalue weighted by Crippen LogP contribution is -2.17. The Kier molecular flexibility index (Phi) is 2.70. The standard InChI is InChI=1S/C11H14BrN/c1-8-11-5-4-10(12)7-9(11)3-2-6-13-8/h4-5,7-8,13H,2-3,6H2,1H3. The summed E-state index contributed by atoms with van der Waals surface area (Å²) in [5.74, 6) is 0. The van der Waals surface area contributed by atoms with Crippen molar-refractivity contribution in [1.29, 1.82) is 0 Å². The third kappa shape index (κ3) is 1.94. The van der Waals surface area contributed by atoms with Gasteiger partial charge in [0.1, 0.15) is 0 Å². The van der Waals surface area contributed by atoms with E-state index < -0.39 is 0 Å². The van der Waals surface area contributed by atoms with Gasteiger partial charge in [-0.15, -0.1) is 0 Å². The van der Waals surface area contributed by atoms with Crippen LogP contribution in [0.5, 0.6) is 0 Å². The summed E-state index contributed by atoms with van der Waals surface area (Å²) in [6.45, 7) is 3.37. The fraction of sp³-hybridized carbons (Fsp3) is 0.455. The lowest BCUT2D eigenvalue weighted by atomic mass is 10.0. The maximum atomic E-state index is 3.52. The first-order valence-corrected chi connectivity index (χ1v) is 5.58. The molecule has 1 unspecified atom stereocenters. The number of nitrogens with one attached hydrogen (secondary N) is 1. The molecule has 70 valence electrons. The Morgan fingerprint density at radius 2 is 2.31 bits per heavy atom. The van der Waals surface area contributed by atoms with Crippen molar-refractivity contribution in [2.24, 2.45) is 0 Å². The lowest BCUT2D eigenvalue weighted by Gasteiger charge is -2.13. The van der Waals surface area contributed by atoms with Crippen molar-refractivity contribution in [3.05, 3.63) is 33.8 Å². The minimum Gasteiger partial charge on any atom is -0.310 e. The van der Waals surface area contributed by atoms with Crippen LogP contribution < -0.4 is 5.32 Å². The highest BCUT2D eigenvalue weighted by Gasteiger charge is 2.13. The minimum absolute atomic E-state index is 0.505. The molecule has 0 spiro atoms. The van der Waals surface area contributed by atoms with Gasteiger partial charge in [-0.1, -0.05) is 22.0 Å². The van der Waals surface area contributed by atoms with Gasteiger partial charge in [-0.2, -0.15) is 0 Å². The van der Waals surface area contributed by atoms with E-state index >= 15 is 0 Å². The number of halogens is 1. The van der Waals surface area contributed by atoms with Gasteiger partial charge >= 0.3 is 0 Å². The quantitative estimate of drug-likeness (QED) is 0.734. The number of hydrogen-bond donors (Lipinski definition) is 1. The van der Waals surface area contributed by atoms with Crippen LogP contribution in [0.15, 0.2) is 22.7 Å². The molecule has 2 rings (SSSR count). The molecular formula is C11H14BrN. The summed E-state index contributed by atoms with van der Waals surface area (Å²) in [4.78, 5) is 0. The van der Waals surface area contributed by atoms with E-state index in [1.54, 1.807) is 0 Å². The van der Waals surface area contributed by atoms with Gasteiger partial charge in [0.25, 0.3) is 0 Å². The van der Waals surface area contributed by atoms with E-state index in [-0.39, 0.29) is 0 Å². The summed E-state index contributed by atoms with van der Waals surface area (Å²) in [6.07, 6.45) is 2.44. The Bertz CT molecular complexity index is 309. The number of fused-ring (bicyclic) bond motifs is 1. The van der Waals surface area contributed by atoms with E-state index in [4.69, 9.17) is 0 Å². The van der Waals surface area contributed by atoms with E-state index in [0.29, 0.717) is 6.04 Å². The van der Waals surface area contributed by atoms with Crippen LogP contribution >= 0.6 is 15.9 Å². The highest BCUT2D eigenvalue weighted by Crippen LogP contribution is 2.25. The Hall–Kier alpha value is -0.340. The summed E-state index contributed by atoms with van der Waals surface area (Å²) in [7, 11) is 0. The largest absolute Gasteiger partial charge is 0.310 e. The molecule has 1 aromatic carbocycles. The molecular weight excluding hydrogens is 226 g/mol. The molecule has 1 N–H and O–H groups in total. The van der Waals surface area contributed by atoms with E-state index in [1.807, 2.05) is 0 Å². The molecule has 0 bridgehead atoms. The van der Waals surface area contributed by atoms with E-state index in [1.165, 1.54) is 28.4 Å². The SMILES string of the molecule is CC1NCCCc2cc(Br)ccc21. The molecule has 1 aromatic rings. The molecule has 0 aromatic heterocycles. The zero-order chi connectivity index (χ0) is 9.26. The molecule has 1 aliphatic heterocycles. The van der Waals surface area contributed by atoms with Gasteiger partial charge in [-0.05, 0) is 49.6 Å². The van der Waals surface area contributed by atoms with Gasteiger partial charge < -0.3 is 5.32 Å². The first kappa shape index (κ1) is 9.22. The van der Waals surface area contributed by atoms with E-state index in [2.05, 4.69) is 46.4 Å². The molecule has 0 radical (unpaired) electrons. The second-order valence-corrected chi connectivity index (χ2v) is 4.54. The summed E-state index contributed by atoms with van der Waals surface area (Å²) in [6, 6.07) is 7.11. The van der Waals surface area contributed by atoms with Crippen molar-refractivity contribution in [2.45, 2.75) is 25.8 Å². The van der Waals surface area contributed by atoms with Crippen molar-refractivity contribution in [2.75, 3.05) is 6.54 Å². The van der Waals surface area contributed by atoms with Crippen molar-refractivity contribution >= 4 is 15.9 Å². The highest BCUT2D eigenvalue weighted by atomic mass is 79.9. The number of aryl methyl sites for hydroxylation is 1. The average molecular weight is 240 g/mol. The van der Waals surface area contributed by atoms with Crippen molar-refractivity contribution in [1.82, 2.24) is 5.32 Å². The van der Waals surface area contributed by atoms with E-state index in [9.17, 15) is 0 Å². The zero-order valence-corrected chi connectivity index (χ0v) is 9.39. The predicted molar refractivity (Wildman–Crippen MR) is 58.9 cm³/mol. The molecule has 0 fully saturated rings. The van der Waals surface area contributed by atoms with Crippen LogP contribution in [0.4, 0.5) is 0 Å². The Morgan fingerprint density at radius 1 is 1.46 bits per heavy atom. The van der Waals surface area contributed by atoms with Crippen LogP contribution in [-0.2, 0) is 6.42 Å². The molecule has 2 heteroatoms. The number of hydrogen-bond acceptors (Lipinski definition) is 1. The Morgan fingerprint density at radius 3 is 3.15 bits per heavy atom. The molecule has 1 nitrogen and oxygen atoms in total. The Balaban J connectivity index is 2.42. The van der Waals surface area contributed by atoms with E-state index in [0.717, 1.165) is 6.54 Å². The third-order valence-electron chi connectivity index (χ3n) is 2.64. The van der Waals surface area contributed by atoms with Gasteiger partial charge in [0, 0.05) is 10.5 Å². The van der Waals surface area contributed by atoms with Gasteiger partial charge in [0.2, 0.25) is 0 Å². The predicted octanol–water partition coefficient (Wildman–Crippen LogP) is 3.05. The molecule has 0 aliphatic carbocycles. The summed E-state index contributed by atoms with van der Waals surface area (Å²) < 4.78 is 1.19. The maximum absolute atomic E-state index is 3.52. The molecule has 0 amide bonds. The number of benzene rings is 1. The first-order valence-electron chi connectivity index (χ1n) is 4.79. The maximum Gasteiger partial charge on any atom is 0.0294 e. The molecule has 0 saturated carbocycles. The zero-order valence-electron chi connectivity index (χ0n) is 7.81. The molecule has 1 aliphatic rings. The monoisotopic (exact) mass is 239 g/mol. The smallest absolute Gasteiger partial charge is 0.0294 e. The molecule has 0 saturated heterocycles. The highest BCUT2D eigenvalue weighted by molar-refractivity contribution is 9.10. The summed E-state index contributed by atoms with van der Waals surface area (Å²) >= 11 is 3.52. The summed E-state index contributed by atoms with van der Waals surface area (Å²) in [5.41, 5.74) is 2.95. The van der Waals surface area contributed by atoms with Crippen LogP contribution in [0, 0.1) is 0 Å². The average Bonchev–Trinajstić information content (AvgIpc) is 2.28. The second-order valence-electron chi connectivity index (χ2n) is 3.62. The van der Waals surface area contributed by atoms with Gasteiger partial charge in [-0.3, -0.25) is 0 Å².